The van der Waals surface area contributed by atoms with E-state index in [9.17, 15) is 0 Å². The molecule has 2 nitrogen and oxygen atoms in total. The van der Waals surface area contributed by atoms with Crippen molar-refractivity contribution in [1.82, 2.24) is 5.32 Å². The maximum Gasteiger partial charge on any atom is 0.156 e. The lowest BCUT2D eigenvalue weighted by Gasteiger charge is -2.32. The van der Waals surface area contributed by atoms with Gasteiger partial charge in [0.05, 0.1) is 6.54 Å². The van der Waals surface area contributed by atoms with E-state index in [1.165, 1.54) is 30.2 Å². The summed E-state index contributed by atoms with van der Waals surface area (Å²) < 4.78 is 0. The second-order valence-corrected chi connectivity index (χ2v) is 6.67. The zero-order valence-electron chi connectivity index (χ0n) is 9.43. The van der Waals surface area contributed by atoms with Crippen LogP contribution in [0.3, 0.4) is 0 Å². The highest BCUT2D eigenvalue weighted by molar-refractivity contribution is 8.14. The van der Waals surface area contributed by atoms with Gasteiger partial charge in [0.25, 0.3) is 0 Å². The van der Waals surface area contributed by atoms with Crippen LogP contribution in [-0.4, -0.2) is 23.5 Å². The van der Waals surface area contributed by atoms with Gasteiger partial charge < -0.3 is 5.32 Å². The molecular formula is C13H18N2S. The second-order valence-electron chi connectivity index (χ2n) is 5.59. The Morgan fingerprint density at radius 2 is 2.31 bits per heavy atom. The number of nitrogens with one attached hydrogen (secondary N) is 1. The van der Waals surface area contributed by atoms with E-state index in [4.69, 9.17) is 0 Å². The number of hydrogen-bond acceptors (Lipinski definition) is 3. The number of hydrogen-bond donors (Lipinski definition) is 1. The van der Waals surface area contributed by atoms with Gasteiger partial charge >= 0.3 is 0 Å². The number of thioether (sulfide) groups is 1. The fourth-order valence-corrected chi connectivity index (χ4v) is 5.09. The Morgan fingerprint density at radius 3 is 3.19 bits per heavy atom. The van der Waals surface area contributed by atoms with E-state index in [-0.39, 0.29) is 0 Å². The molecule has 1 N–H and O–H groups in total. The van der Waals surface area contributed by atoms with Gasteiger partial charge in [-0.15, -0.1) is 0 Å². The van der Waals surface area contributed by atoms with Crippen LogP contribution in [0.2, 0.25) is 0 Å². The minimum atomic E-state index is 0.721. The Hall–Kier alpha value is -0.440. The maximum absolute atomic E-state index is 4.52. The molecule has 2 fully saturated rings. The van der Waals surface area contributed by atoms with Gasteiger partial charge in [0.15, 0.2) is 5.17 Å². The standard InChI is InChI=1S/C13H18N2S/c1-2-9-8-6-11(10(9)3-1)12(7-8)15-13-14-4-5-16-13/h1,3,8-12H,2,4-7H2,(H,14,15)/t8-,9-,10+,11-,12+/m1/s1. The predicted molar refractivity (Wildman–Crippen MR) is 68.6 cm³/mol. The molecule has 0 amide bonds. The maximum atomic E-state index is 4.52. The fraction of sp³-hybridized carbons (Fsp3) is 0.769. The molecule has 5 atom stereocenters. The first-order valence-corrected chi connectivity index (χ1v) is 7.51. The summed E-state index contributed by atoms with van der Waals surface area (Å²) in [5.74, 6) is 4.96. The van der Waals surface area contributed by atoms with Crippen LogP contribution >= 0.6 is 11.8 Å². The lowest BCUT2D eigenvalue weighted by atomic mass is 9.79. The minimum absolute atomic E-state index is 0.721. The third kappa shape index (κ3) is 1.30. The number of fused-ring (bicyclic) bond motifs is 5. The monoisotopic (exact) mass is 234 g/mol. The van der Waals surface area contributed by atoms with E-state index >= 15 is 0 Å². The van der Waals surface area contributed by atoms with Crippen molar-refractivity contribution in [2.24, 2.45) is 28.7 Å². The Balaban J connectivity index is 1.49. The first kappa shape index (κ1) is 9.58. The van der Waals surface area contributed by atoms with Gasteiger partial charge in [-0.25, -0.2) is 0 Å². The molecule has 0 spiro atoms. The van der Waals surface area contributed by atoms with Crippen LogP contribution < -0.4 is 5.32 Å². The molecule has 3 aliphatic carbocycles. The highest BCUT2D eigenvalue weighted by atomic mass is 32.2. The van der Waals surface area contributed by atoms with Gasteiger partial charge in [-0.05, 0) is 42.9 Å². The van der Waals surface area contributed by atoms with Crippen molar-refractivity contribution < 1.29 is 0 Å². The molecule has 0 aromatic carbocycles. The Bertz CT molecular complexity index is 363. The van der Waals surface area contributed by atoms with Gasteiger partial charge in [0, 0.05) is 11.8 Å². The summed E-state index contributed by atoms with van der Waals surface area (Å²) in [6, 6.07) is 0.721. The minimum Gasteiger partial charge on any atom is -0.362 e. The molecule has 16 heavy (non-hydrogen) atoms. The number of amidine groups is 1. The van der Waals surface area contributed by atoms with Crippen LogP contribution in [0, 0.1) is 23.7 Å². The molecule has 0 saturated heterocycles. The van der Waals surface area contributed by atoms with Gasteiger partial charge in [0.1, 0.15) is 0 Å². The van der Waals surface area contributed by atoms with Crippen molar-refractivity contribution in [3.05, 3.63) is 12.2 Å². The molecule has 4 aliphatic rings. The van der Waals surface area contributed by atoms with Gasteiger partial charge in [-0.1, -0.05) is 23.9 Å². The lowest BCUT2D eigenvalue weighted by Crippen LogP contribution is -2.41. The molecule has 0 aromatic heterocycles. The van der Waals surface area contributed by atoms with Crippen LogP contribution in [-0.2, 0) is 0 Å². The second kappa shape index (κ2) is 3.52. The summed E-state index contributed by atoms with van der Waals surface area (Å²) in [7, 11) is 0. The highest BCUT2D eigenvalue weighted by Crippen LogP contribution is 2.56. The number of nitrogens with zero attached hydrogens (tertiary/aromatic N) is 1. The summed E-state index contributed by atoms with van der Waals surface area (Å²) >= 11 is 1.90. The predicted octanol–water partition coefficient (Wildman–Crippen LogP) is 2.28. The normalized spacial score (nSPS) is 48.5. The van der Waals surface area contributed by atoms with E-state index < -0.39 is 0 Å². The van der Waals surface area contributed by atoms with Crippen LogP contribution in [0.4, 0.5) is 0 Å². The van der Waals surface area contributed by atoms with Crippen LogP contribution in [0.5, 0.6) is 0 Å². The smallest absolute Gasteiger partial charge is 0.156 e. The van der Waals surface area contributed by atoms with Crippen molar-refractivity contribution >= 4 is 16.9 Å². The van der Waals surface area contributed by atoms with Crippen molar-refractivity contribution in [1.29, 1.82) is 0 Å². The Morgan fingerprint density at radius 1 is 1.31 bits per heavy atom. The quantitative estimate of drug-likeness (QED) is 0.704. The third-order valence-corrected chi connectivity index (χ3v) is 5.81. The average molecular weight is 234 g/mol. The highest BCUT2D eigenvalue weighted by Gasteiger charge is 2.52. The molecule has 2 bridgehead atoms. The van der Waals surface area contributed by atoms with Crippen molar-refractivity contribution in [3.8, 4) is 0 Å². The molecule has 1 heterocycles. The molecule has 1 aliphatic heterocycles. The topological polar surface area (TPSA) is 24.4 Å². The van der Waals surface area contributed by atoms with Crippen molar-refractivity contribution in [2.75, 3.05) is 12.3 Å². The molecular weight excluding hydrogens is 216 g/mol. The zero-order chi connectivity index (χ0) is 10.5. The van der Waals surface area contributed by atoms with E-state index in [0.717, 1.165) is 36.3 Å². The first-order chi connectivity index (χ1) is 7.92. The van der Waals surface area contributed by atoms with E-state index in [1.54, 1.807) is 0 Å². The summed E-state index contributed by atoms with van der Waals surface area (Å²) in [5, 5.41) is 4.92. The zero-order valence-corrected chi connectivity index (χ0v) is 10.2. The SMILES string of the molecule is C1=C[C@H]2[C@H](C1)[C@@H]1C[C@H]2[C@@H](NC2=NCCS2)C1. The Kier molecular flexibility index (Phi) is 2.11. The molecule has 3 heteroatoms. The summed E-state index contributed by atoms with van der Waals surface area (Å²) in [6.07, 6.45) is 9.13. The van der Waals surface area contributed by atoms with E-state index in [2.05, 4.69) is 22.5 Å². The number of rotatable bonds is 1. The van der Waals surface area contributed by atoms with Gasteiger partial charge in [-0.3, -0.25) is 4.99 Å². The third-order valence-electron chi connectivity index (χ3n) is 4.90. The van der Waals surface area contributed by atoms with Gasteiger partial charge in [-0.2, -0.15) is 0 Å². The molecule has 4 rings (SSSR count). The molecule has 0 aromatic rings. The molecule has 0 unspecified atom stereocenters. The molecule has 86 valence electrons. The fourth-order valence-electron chi connectivity index (χ4n) is 4.29. The van der Waals surface area contributed by atoms with Crippen molar-refractivity contribution in [3.63, 3.8) is 0 Å². The van der Waals surface area contributed by atoms with E-state index in [0.29, 0.717) is 0 Å². The van der Waals surface area contributed by atoms with Crippen LogP contribution in [0.15, 0.2) is 17.1 Å². The number of aliphatic imine (C=N–C) groups is 1. The summed E-state index contributed by atoms with van der Waals surface area (Å²) in [4.78, 5) is 4.52. The Labute approximate surface area is 101 Å². The number of allylic oxidation sites excluding steroid dienone is 2. The largest absolute Gasteiger partial charge is 0.362 e. The molecule has 0 radical (unpaired) electrons. The van der Waals surface area contributed by atoms with Crippen LogP contribution in [0.1, 0.15) is 19.3 Å². The van der Waals surface area contributed by atoms with Gasteiger partial charge in [0.2, 0.25) is 0 Å². The van der Waals surface area contributed by atoms with Crippen molar-refractivity contribution in [2.45, 2.75) is 25.3 Å². The average Bonchev–Trinajstić information content (AvgIpc) is 2.99. The summed E-state index contributed by atoms with van der Waals surface area (Å²) in [5.41, 5.74) is 0. The van der Waals surface area contributed by atoms with E-state index in [1.807, 2.05) is 11.8 Å². The molecule has 2 saturated carbocycles. The summed E-state index contributed by atoms with van der Waals surface area (Å²) in [6.45, 7) is 1.01. The first-order valence-electron chi connectivity index (χ1n) is 6.52. The van der Waals surface area contributed by atoms with Crippen LogP contribution in [0.25, 0.3) is 0 Å². The lowest BCUT2D eigenvalue weighted by molar-refractivity contribution is 0.247.